The molecule has 0 aliphatic heterocycles. The summed E-state index contributed by atoms with van der Waals surface area (Å²) in [5, 5.41) is 16.0. The molecule has 0 radical (unpaired) electrons. The van der Waals surface area contributed by atoms with Gasteiger partial charge < -0.3 is 10.4 Å². The zero-order chi connectivity index (χ0) is 14.5. The number of hydrogen-bond acceptors (Lipinski definition) is 2. The van der Waals surface area contributed by atoms with Crippen LogP contribution in [-0.2, 0) is 6.54 Å². The molecular weight excluding hydrogens is 265 g/mol. The monoisotopic (exact) mass is 287 g/mol. The third-order valence-corrected chi connectivity index (χ3v) is 5.06. The van der Waals surface area contributed by atoms with Gasteiger partial charge in [-0.15, -0.1) is 0 Å². The van der Waals surface area contributed by atoms with Gasteiger partial charge in [-0.3, -0.25) is 0 Å². The van der Waals surface area contributed by atoms with Crippen molar-refractivity contribution >= 4 is 19.2 Å². The van der Waals surface area contributed by atoms with Crippen molar-refractivity contribution in [3.63, 3.8) is 0 Å². The Labute approximate surface area is 123 Å². The summed E-state index contributed by atoms with van der Waals surface area (Å²) in [6, 6.07) is 12.4. The summed E-state index contributed by atoms with van der Waals surface area (Å²) in [4.78, 5) is 0. The number of aryl methyl sites for hydroxylation is 2. The minimum absolute atomic E-state index is 0.434. The van der Waals surface area contributed by atoms with E-state index in [4.69, 9.17) is 0 Å². The van der Waals surface area contributed by atoms with Crippen LogP contribution in [-0.4, -0.2) is 11.7 Å². The molecule has 0 saturated heterocycles. The van der Waals surface area contributed by atoms with E-state index < -0.39 is 0 Å². The van der Waals surface area contributed by atoms with Crippen molar-refractivity contribution in [1.29, 1.82) is 0 Å². The van der Waals surface area contributed by atoms with Gasteiger partial charge in [-0.2, -0.15) is 0 Å². The Hall–Kier alpha value is -1.37. The molecule has 0 aliphatic rings. The van der Waals surface area contributed by atoms with Gasteiger partial charge in [0.2, 0.25) is 0 Å². The normalized spacial score (nSPS) is 11.3. The van der Waals surface area contributed by atoms with Gasteiger partial charge in [0.25, 0.3) is 0 Å². The van der Waals surface area contributed by atoms with Crippen LogP contribution in [0.3, 0.4) is 0 Å². The van der Waals surface area contributed by atoms with E-state index in [-0.39, 0.29) is 0 Å². The number of hydrogen-bond donors (Lipinski definition) is 2. The molecular formula is C17H22NOP. The summed E-state index contributed by atoms with van der Waals surface area (Å²) in [6.45, 7) is 8.05. The van der Waals surface area contributed by atoms with Crippen LogP contribution < -0.4 is 15.9 Å². The Morgan fingerprint density at radius 2 is 1.75 bits per heavy atom. The fourth-order valence-electron chi connectivity index (χ4n) is 2.21. The van der Waals surface area contributed by atoms with Crippen LogP contribution in [0.25, 0.3) is 0 Å². The van der Waals surface area contributed by atoms with Gasteiger partial charge in [-0.1, -0.05) is 51.9 Å². The second kappa shape index (κ2) is 6.88. The predicted molar refractivity (Wildman–Crippen MR) is 89.0 cm³/mol. The average Bonchev–Trinajstić information content (AvgIpc) is 2.44. The molecule has 0 amide bonds. The first-order valence-electron chi connectivity index (χ1n) is 6.98. The minimum Gasteiger partial charge on any atom is -0.507 e. The van der Waals surface area contributed by atoms with E-state index in [1.165, 1.54) is 16.4 Å². The van der Waals surface area contributed by atoms with E-state index >= 15 is 0 Å². The van der Waals surface area contributed by atoms with Crippen LogP contribution in [0.5, 0.6) is 5.75 Å². The summed E-state index contributed by atoms with van der Waals surface area (Å²) in [5.41, 5.74) is 3.56. The lowest BCUT2D eigenvalue weighted by Gasteiger charge is -2.14. The van der Waals surface area contributed by atoms with Crippen molar-refractivity contribution in [2.24, 2.45) is 0 Å². The summed E-state index contributed by atoms with van der Waals surface area (Å²) in [6.07, 6.45) is 0. The number of nitrogens with one attached hydrogen (secondary N) is 1. The van der Waals surface area contributed by atoms with E-state index in [2.05, 4.69) is 37.4 Å². The largest absolute Gasteiger partial charge is 0.507 e. The Kier molecular flexibility index (Phi) is 5.17. The predicted octanol–water partition coefficient (Wildman–Crippen LogP) is 2.75. The molecule has 2 rings (SSSR count). The third-order valence-electron chi connectivity index (χ3n) is 3.42. The van der Waals surface area contributed by atoms with E-state index in [9.17, 15) is 5.11 Å². The number of phenolic OH excluding ortho intramolecular Hbond substituents is 1. The average molecular weight is 287 g/mol. The first-order valence-corrected chi connectivity index (χ1v) is 7.98. The maximum Gasteiger partial charge on any atom is 0.126 e. The van der Waals surface area contributed by atoms with Crippen molar-refractivity contribution in [1.82, 2.24) is 5.32 Å². The molecule has 1 atom stereocenters. The van der Waals surface area contributed by atoms with Gasteiger partial charge in [0.15, 0.2) is 0 Å². The van der Waals surface area contributed by atoms with Crippen molar-refractivity contribution in [3.8, 4) is 5.75 Å². The number of para-hydroxylation sites is 1. The highest BCUT2D eigenvalue weighted by molar-refractivity contribution is 7.56. The maximum atomic E-state index is 10.2. The number of phenols is 1. The van der Waals surface area contributed by atoms with Crippen LogP contribution in [0.4, 0.5) is 0 Å². The fraction of sp³-hybridized carbons (Fsp3) is 0.294. The van der Waals surface area contributed by atoms with Crippen LogP contribution >= 0.6 is 8.58 Å². The molecule has 0 aliphatic carbocycles. The van der Waals surface area contributed by atoms with Crippen LogP contribution in [0.2, 0.25) is 0 Å². The van der Waals surface area contributed by atoms with Crippen LogP contribution in [0.15, 0.2) is 36.4 Å². The molecule has 0 fully saturated rings. The zero-order valence-electron chi connectivity index (χ0n) is 12.3. The van der Waals surface area contributed by atoms with Crippen molar-refractivity contribution in [2.45, 2.75) is 27.3 Å². The Balaban J connectivity index is 2.34. The smallest absolute Gasteiger partial charge is 0.126 e. The lowest BCUT2D eigenvalue weighted by atomic mass is 10.1. The second-order valence-electron chi connectivity index (χ2n) is 4.99. The number of aromatic hydroxyl groups is 1. The molecule has 20 heavy (non-hydrogen) atoms. The zero-order valence-corrected chi connectivity index (χ0v) is 13.3. The van der Waals surface area contributed by atoms with Crippen molar-refractivity contribution in [3.05, 3.63) is 53.1 Å². The Bertz CT molecular complexity index is 596. The maximum absolute atomic E-state index is 10.2. The van der Waals surface area contributed by atoms with Gasteiger partial charge in [-0.25, -0.2) is 0 Å². The molecule has 0 heterocycles. The highest BCUT2D eigenvalue weighted by Gasteiger charge is 2.10. The summed E-state index contributed by atoms with van der Waals surface area (Å²) >= 11 is 0. The molecule has 0 spiro atoms. The first kappa shape index (κ1) is 15.0. The standard InChI is InChI=1S/C17H22NOP/c1-4-18-11-14-9-5-8-13(3)17(14)20-15-10-6-7-12(2)16(15)19/h5-10,18-20H,4,11H2,1-3H3. The summed E-state index contributed by atoms with van der Waals surface area (Å²) in [5.74, 6) is 0.434. The van der Waals surface area contributed by atoms with E-state index in [0.29, 0.717) is 14.3 Å². The molecule has 2 N–H and O–H groups in total. The Morgan fingerprint density at radius 3 is 2.50 bits per heavy atom. The highest BCUT2D eigenvalue weighted by Crippen LogP contribution is 2.24. The van der Waals surface area contributed by atoms with Gasteiger partial charge in [-0.05, 0) is 42.4 Å². The summed E-state index contributed by atoms with van der Waals surface area (Å²) < 4.78 is 0. The van der Waals surface area contributed by atoms with Crippen molar-refractivity contribution < 1.29 is 5.11 Å². The SMILES string of the molecule is CCNCc1cccc(C)c1Pc1cccc(C)c1O. The fourth-order valence-corrected chi connectivity index (χ4v) is 3.59. The van der Waals surface area contributed by atoms with Crippen LogP contribution in [0, 0.1) is 13.8 Å². The topological polar surface area (TPSA) is 32.3 Å². The van der Waals surface area contributed by atoms with Gasteiger partial charge >= 0.3 is 0 Å². The first-order chi connectivity index (χ1) is 9.63. The molecule has 2 nitrogen and oxygen atoms in total. The van der Waals surface area contributed by atoms with Gasteiger partial charge in [0, 0.05) is 11.8 Å². The molecule has 106 valence electrons. The highest BCUT2D eigenvalue weighted by atomic mass is 31.1. The third kappa shape index (κ3) is 3.39. The Morgan fingerprint density at radius 1 is 1.05 bits per heavy atom. The van der Waals surface area contributed by atoms with Gasteiger partial charge in [0.1, 0.15) is 5.75 Å². The quantitative estimate of drug-likeness (QED) is 0.829. The van der Waals surface area contributed by atoms with Gasteiger partial charge in [0.05, 0.1) is 0 Å². The molecule has 0 saturated carbocycles. The lowest BCUT2D eigenvalue weighted by molar-refractivity contribution is 0.475. The molecule has 2 aromatic rings. The van der Waals surface area contributed by atoms with E-state index in [1.807, 2.05) is 25.1 Å². The van der Waals surface area contributed by atoms with E-state index in [1.54, 1.807) is 0 Å². The molecule has 3 heteroatoms. The lowest BCUT2D eigenvalue weighted by Crippen LogP contribution is -2.20. The second-order valence-corrected chi connectivity index (χ2v) is 6.27. The molecule has 0 aromatic heterocycles. The van der Waals surface area contributed by atoms with E-state index in [0.717, 1.165) is 24.0 Å². The molecule has 1 unspecified atom stereocenters. The molecule has 0 bridgehead atoms. The molecule has 2 aromatic carbocycles. The van der Waals surface area contributed by atoms with Crippen molar-refractivity contribution in [2.75, 3.05) is 6.54 Å². The van der Waals surface area contributed by atoms with Crippen LogP contribution in [0.1, 0.15) is 23.6 Å². The number of rotatable bonds is 5. The minimum atomic E-state index is 0.434. The summed E-state index contributed by atoms with van der Waals surface area (Å²) in [7, 11) is 0.491. The number of benzene rings is 2.